The highest BCUT2D eigenvalue weighted by atomic mass is 32.1. The third-order valence-corrected chi connectivity index (χ3v) is 8.07. The number of nitrogens with two attached hydrogens (primary N) is 1. The minimum Gasteiger partial charge on any atom is -0.497 e. The van der Waals surface area contributed by atoms with Crippen LogP contribution in [-0.4, -0.2) is 83.5 Å². The first-order chi connectivity index (χ1) is 20.4. The molecule has 0 saturated carbocycles. The smallest absolute Gasteiger partial charge is 0.321 e. The molecule has 2 aromatic heterocycles. The van der Waals surface area contributed by atoms with Crippen molar-refractivity contribution in [1.29, 1.82) is 0 Å². The van der Waals surface area contributed by atoms with Crippen LogP contribution in [0, 0.1) is 0 Å². The van der Waals surface area contributed by atoms with Crippen LogP contribution >= 0.6 is 22.7 Å². The van der Waals surface area contributed by atoms with Crippen molar-refractivity contribution in [2.24, 2.45) is 0 Å². The molecule has 0 unspecified atom stereocenters. The quantitative estimate of drug-likeness (QED) is 0.116. The van der Waals surface area contributed by atoms with Gasteiger partial charge in [-0.1, -0.05) is 29.5 Å². The number of carbonyl (C=O) groups excluding carboxylic acids is 2. The molecule has 2 heterocycles. The lowest BCUT2D eigenvalue weighted by Crippen LogP contribution is -2.34. The predicted molar refractivity (Wildman–Crippen MR) is 166 cm³/mol. The standard InChI is InChI=1S/C28H33N7O5S2/c1-40-21-8-3-6-19(16-21)25(38)31-20-7-2-5-18(15-20)22-17-41-26(32-22)23-24(29)33-28(42-23)34-27(39)30-9-4-10-35(11-13-36)12-14-37/h2-3,5-8,15-17,36-37H,4,9-14,29H2,1H3,(H,31,38)(H2,30,33,34,39). The van der Waals surface area contributed by atoms with Gasteiger partial charge in [-0.15, -0.1) is 11.3 Å². The molecule has 7 N–H and O–H groups in total. The van der Waals surface area contributed by atoms with Gasteiger partial charge in [0.2, 0.25) is 0 Å². The molecule has 12 nitrogen and oxygen atoms in total. The third-order valence-electron chi connectivity index (χ3n) is 6.09. The highest BCUT2D eigenvalue weighted by Gasteiger charge is 2.17. The van der Waals surface area contributed by atoms with E-state index in [9.17, 15) is 9.59 Å². The number of nitrogen functional groups attached to an aromatic ring is 1. The summed E-state index contributed by atoms with van der Waals surface area (Å²) in [5.74, 6) is 0.612. The van der Waals surface area contributed by atoms with Crippen LogP contribution in [0.4, 0.5) is 21.4 Å². The van der Waals surface area contributed by atoms with Crippen LogP contribution in [-0.2, 0) is 0 Å². The van der Waals surface area contributed by atoms with Crippen molar-refractivity contribution >= 4 is 51.2 Å². The molecule has 0 atom stereocenters. The molecular formula is C28H33N7O5S2. The van der Waals surface area contributed by atoms with Crippen LogP contribution in [0.2, 0.25) is 0 Å². The van der Waals surface area contributed by atoms with E-state index in [0.717, 1.165) is 5.56 Å². The number of urea groups is 1. The summed E-state index contributed by atoms with van der Waals surface area (Å²) >= 11 is 2.63. The fourth-order valence-electron chi connectivity index (χ4n) is 4.04. The van der Waals surface area contributed by atoms with Crippen LogP contribution in [0.1, 0.15) is 16.8 Å². The lowest BCUT2D eigenvalue weighted by atomic mass is 10.1. The molecule has 0 saturated heterocycles. The first-order valence-corrected chi connectivity index (χ1v) is 14.9. The zero-order valence-electron chi connectivity index (χ0n) is 23.0. The lowest BCUT2D eigenvalue weighted by molar-refractivity contribution is 0.102. The fraction of sp³-hybridized carbons (Fsp3) is 0.286. The van der Waals surface area contributed by atoms with E-state index in [1.807, 2.05) is 28.5 Å². The van der Waals surface area contributed by atoms with Gasteiger partial charge in [-0.05, 0) is 43.3 Å². The second kappa shape index (κ2) is 15.2. The topological polar surface area (TPSA) is 175 Å². The van der Waals surface area contributed by atoms with Gasteiger partial charge in [0, 0.05) is 41.8 Å². The summed E-state index contributed by atoms with van der Waals surface area (Å²) in [7, 11) is 1.55. The maximum Gasteiger partial charge on any atom is 0.321 e. The molecule has 0 aliphatic carbocycles. The van der Waals surface area contributed by atoms with E-state index < -0.39 is 6.03 Å². The summed E-state index contributed by atoms with van der Waals surface area (Å²) in [5, 5.41) is 29.5. The zero-order valence-corrected chi connectivity index (χ0v) is 24.6. The summed E-state index contributed by atoms with van der Waals surface area (Å²) in [6.07, 6.45) is 0.659. The zero-order chi connectivity index (χ0) is 29.9. The lowest BCUT2D eigenvalue weighted by Gasteiger charge is -2.19. The van der Waals surface area contributed by atoms with Crippen LogP contribution in [0.25, 0.3) is 21.1 Å². The second-order valence-corrected chi connectivity index (χ2v) is 10.9. The van der Waals surface area contributed by atoms with Gasteiger partial charge in [-0.3, -0.25) is 15.0 Å². The number of hydrogen-bond donors (Lipinski definition) is 6. The number of nitrogens with one attached hydrogen (secondary N) is 3. The predicted octanol–water partition coefficient (Wildman–Crippen LogP) is 3.57. The van der Waals surface area contributed by atoms with Crippen molar-refractivity contribution in [2.45, 2.75) is 6.42 Å². The van der Waals surface area contributed by atoms with Gasteiger partial charge in [0.05, 0.1) is 26.0 Å². The van der Waals surface area contributed by atoms with Crippen LogP contribution < -0.4 is 26.4 Å². The molecule has 2 aromatic carbocycles. The van der Waals surface area contributed by atoms with E-state index in [1.165, 1.54) is 22.7 Å². The average Bonchev–Trinajstić information content (AvgIpc) is 3.62. The maximum atomic E-state index is 12.7. The number of benzene rings is 2. The Morgan fingerprint density at radius 2 is 1.81 bits per heavy atom. The number of ether oxygens (including phenoxy) is 1. The van der Waals surface area contributed by atoms with Gasteiger partial charge < -0.3 is 31.3 Å². The number of anilines is 3. The molecule has 42 heavy (non-hydrogen) atoms. The van der Waals surface area contributed by atoms with Gasteiger partial charge in [0.15, 0.2) is 5.13 Å². The summed E-state index contributed by atoms with van der Waals surface area (Å²) in [4.78, 5) is 36.6. The Hall–Kier alpha value is -4.08. The Morgan fingerprint density at radius 1 is 1.02 bits per heavy atom. The van der Waals surface area contributed by atoms with Crippen molar-refractivity contribution < 1.29 is 24.5 Å². The number of methoxy groups -OCH3 is 1. The normalized spacial score (nSPS) is 11.0. The first-order valence-electron chi connectivity index (χ1n) is 13.2. The summed E-state index contributed by atoms with van der Waals surface area (Å²) in [6.45, 7) is 2.02. The Morgan fingerprint density at radius 3 is 2.57 bits per heavy atom. The Balaban J connectivity index is 1.35. The molecular weight excluding hydrogens is 578 g/mol. The van der Waals surface area contributed by atoms with Crippen molar-refractivity contribution in [1.82, 2.24) is 20.2 Å². The number of rotatable bonds is 14. The van der Waals surface area contributed by atoms with Crippen LogP contribution in [0.3, 0.4) is 0 Å². The number of aromatic nitrogens is 2. The SMILES string of the molecule is COc1cccc(C(=O)Nc2cccc(-c3csc(-c4sc(NC(=O)NCCCN(CCO)CCO)nc4N)n3)c2)c1. The second-order valence-electron chi connectivity index (χ2n) is 9.06. The Labute approximate surface area is 251 Å². The minimum absolute atomic E-state index is 0.0119. The average molecular weight is 612 g/mol. The van der Waals surface area contributed by atoms with Gasteiger partial charge in [0.25, 0.3) is 5.91 Å². The molecule has 0 bridgehead atoms. The summed E-state index contributed by atoms with van der Waals surface area (Å²) in [6, 6.07) is 13.9. The van der Waals surface area contributed by atoms with E-state index in [0.29, 0.717) is 70.3 Å². The van der Waals surface area contributed by atoms with E-state index >= 15 is 0 Å². The molecule has 0 aliphatic heterocycles. The monoisotopic (exact) mass is 611 g/mol. The molecule has 4 aromatic rings. The molecule has 14 heteroatoms. The highest BCUT2D eigenvalue weighted by molar-refractivity contribution is 7.23. The van der Waals surface area contributed by atoms with E-state index in [4.69, 9.17) is 25.7 Å². The van der Waals surface area contributed by atoms with Crippen molar-refractivity contribution in [3.8, 4) is 26.9 Å². The number of nitrogens with zero attached hydrogens (tertiary/aromatic N) is 3. The number of amides is 3. The van der Waals surface area contributed by atoms with Crippen molar-refractivity contribution in [3.05, 3.63) is 59.5 Å². The van der Waals surface area contributed by atoms with Crippen LogP contribution in [0.15, 0.2) is 53.9 Å². The van der Waals surface area contributed by atoms with E-state index in [-0.39, 0.29) is 24.9 Å². The maximum absolute atomic E-state index is 12.7. The minimum atomic E-state index is -0.404. The van der Waals surface area contributed by atoms with E-state index in [1.54, 1.807) is 37.4 Å². The van der Waals surface area contributed by atoms with Crippen molar-refractivity contribution in [3.63, 3.8) is 0 Å². The number of aliphatic hydroxyl groups excluding tert-OH is 2. The Kier molecular flexibility index (Phi) is 11.2. The van der Waals surface area contributed by atoms with Crippen molar-refractivity contribution in [2.75, 3.05) is 62.9 Å². The van der Waals surface area contributed by atoms with E-state index in [2.05, 4.69) is 20.9 Å². The molecule has 4 rings (SSSR count). The van der Waals surface area contributed by atoms with Gasteiger partial charge >= 0.3 is 6.03 Å². The largest absolute Gasteiger partial charge is 0.497 e. The summed E-state index contributed by atoms with van der Waals surface area (Å²) in [5.41, 5.74) is 8.79. The number of thiazole rings is 2. The van der Waals surface area contributed by atoms with Crippen LogP contribution in [0.5, 0.6) is 5.75 Å². The number of aliphatic hydroxyl groups is 2. The molecule has 0 fully saturated rings. The van der Waals surface area contributed by atoms with Gasteiger partial charge in [-0.2, -0.15) is 0 Å². The molecule has 0 radical (unpaired) electrons. The van der Waals surface area contributed by atoms with Gasteiger partial charge in [0.1, 0.15) is 21.5 Å². The summed E-state index contributed by atoms with van der Waals surface area (Å²) < 4.78 is 5.20. The molecule has 222 valence electrons. The number of carbonyl (C=O) groups is 2. The highest BCUT2D eigenvalue weighted by Crippen LogP contribution is 2.38. The van der Waals surface area contributed by atoms with Gasteiger partial charge in [-0.25, -0.2) is 14.8 Å². The Bertz CT molecular complexity index is 1490. The molecule has 0 spiro atoms. The third kappa shape index (κ3) is 8.47. The molecule has 0 aliphatic rings. The first kappa shape index (κ1) is 30.9. The fourth-order valence-corrected chi connectivity index (χ4v) is 5.85. The number of hydrogen-bond acceptors (Lipinski definition) is 11. The molecule has 3 amide bonds.